The maximum absolute atomic E-state index is 12.5. The maximum atomic E-state index is 12.5. The Morgan fingerprint density at radius 2 is 2.07 bits per heavy atom. The summed E-state index contributed by atoms with van der Waals surface area (Å²) in [7, 11) is 0. The zero-order valence-electron chi connectivity index (χ0n) is 14.1. The number of carbonyl (C=O) groups is 2. The molecule has 1 aliphatic heterocycles. The predicted octanol–water partition coefficient (Wildman–Crippen LogP) is 4.36. The van der Waals surface area contributed by atoms with Crippen molar-refractivity contribution in [3.63, 3.8) is 0 Å². The van der Waals surface area contributed by atoms with Gasteiger partial charge in [-0.05, 0) is 48.4 Å². The Hall–Kier alpha value is -2.45. The molecule has 4 rings (SSSR count). The normalized spacial score (nSPS) is 13.1. The van der Waals surface area contributed by atoms with Gasteiger partial charge in [0.25, 0.3) is 5.22 Å². The molecule has 0 unspecified atom stereocenters. The molecule has 1 amide bonds. The number of halogens is 1. The topological polar surface area (TPSA) is 85.1 Å². The smallest absolute Gasteiger partial charge is 0.277 e. The van der Waals surface area contributed by atoms with Crippen molar-refractivity contribution in [2.75, 3.05) is 11.1 Å². The molecule has 0 fully saturated rings. The predicted molar refractivity (Wildman–Crippen MR) is 106 cm³/mol. The number of aromatic nitrogens is 2. The van der Waals surface area contributed by atoms with Crippen molar-refractivity contribution < 1.29 is 14.0 Å². The van der Waals surface area contributed by atoms with E-state index in [9.17, 15) is 9.59 Å². The zero-order valence-corrected chi connectivity index (χ0v) is 16.5. The molecule has 2 heterocycles. The molecule has 1 aliphatic rings. The summed E-state index contributed by atoms with van der Waals surface area (Å²) >= 11 is 4.62. The van der Waals surface area contributed by atoms with E-state index in [-0.39, 0.29) is 17.4 Å². The van der Waals surface area contributed by atoms with E-state index in [4.69, 9.17) is 4.42 Å². The van der Waals surface area contributed by atoms with Crippen molar-refractivity contribution in [1.82, 2.24) is 10.2 Å². The Morgan fingerprint density at radius 3 is 2.93 bits per heavy atom. The minimum Gasteiger partial charge on any atom is -0.411 e. The van der Waals surface area contributed by atoms with E-state index in [0.717, 1.165) is 21.3 Å². The molecular weight excluding hydrogens is 430 g/mol. The number of nitrogens with zero attached hydrogens (tertiary/aromatic N) is 2. The third-order valence-electron chi connectivity index (χ3n) is 4.13. The quantitative estimate of drug-likeness (QED) is 0.465. The number of fused-ring (bicyclic) bond motifs is 1. The van der Waals surface area contributed by atoms with E-state index in [1.807, 2.05) is 30.3 Å². The number of hydrogen-bond acceptors (Lipinski definition) is 6. The molecule has 0 saturated carbocycles. The summed E-state index contributed by atoms with van der Waals surface area (Å²) in [5.74, 6) is 0.595. The van der Waals surface area contributed by atoms with Gasteiger partial charge >= 0.3 is 0 Å². The summed E-state index contributed by atoms with van der Waals surface area (Å²) < 4.78 is 6.56. The second kappa shape index (κ2) is 7.66. The molecule has 27 heavy (non-hydrogen) atoms. The Kier molecular flexibility index (Phi) is 5.09. The van der Waals surface area contributed by atoms with Crippen molar-refractivity contribution in [3.05, 3.63) is 58.1 Å². The molecule has 1 N–H and O–H groups in total. The molecule has 3 aromatic rings. The zero-order chi connectivity index (χ0) is 18.8. The number of Topliss-reactive ketones (excluding diaryl/α,β-unsaturated/α-hetero) is 1. The van der Waals surface area contributed by atoms with Crippen molar-refractivity contribution in [2.24, 2.45) is 0 Å². The number of carbonyl (C=O) groups excluding carboxylic acids is 2. The molecule has 0 radical (unpaired) electrons. The lowest BCUT2D eigenvalue weighted by Gasteiger charge is -2.17. The van der Waals surface area contributed by atoms with Crippen LogP contribution < -0.4 is 5.32 Å². The summed E-state index contributed by atoms with van der Waals surface area (Å²) in [5, 5.41) is 11.2. The molecule has 8 heteroatoms. The molecule has 1 aromatic heterocycles. The van der Waals surface area contributed by atoms with Gasteiger partial charge in [-0.2, -0.15) is 0 Å². The third-order valence-corrected chi connectivity index (χ3v) is 5.44. The molecule has 6 nitrogen and oxygen atoms in total. The highest BCUT2D eigenvalue weighted by atomic mass is 79.9. The van der Waals surface area contributed by atoms with E-state index >= 15 is 0 Å². The van der Waals surface area contributed by atoms with Crippen molar-refractivity contribution in [3.8, 4) is 11.5 Å². The van der Waals surface area contributed by atoms with E-state index in [2.05, 4.69) is 31.4 Å². The standard InChI is InChI=1S/C19H14BrN3O3S/c20-14-3-1-2-13(9-14)18-22-23-19(26-18)27-10-16(24)12-4-6-15-11(8-12)5-7-17(25)21-15/h1-4,6,8-9H,5,7,10H2,(H,21,25). The number of aryl methyl sites for hydroxylation is 1. The Morgan fingerprint density at radius 1 is 1.19 bits per heavy atom. The number of nitrogens with one attached hydrogen (secondary N) is 1. The van der Waals surface area contributed by atoms with E-state index < -0.39 is 0 Å². The molecular formula is C19H14BrN3O3S. The summed E-state index contributed by atoms with van der Waals surface area (Å²) in [6.45, 7) is 0. The molecule has 136 valence electrons. The number of amides is 1. The maximum Gasteiger partial charge on any atom is 0.277 e. The van der Waals surface area contributed by atoms with Crippen LogP contribution in [0.1, 0.15) is 22.3 Å². The average molecular weight is 444 g/mol. The van der Waals surface area contributed by atoms with Crippen LogP contribution in [-0.4, -0.2) is 27.6 Å². The SMILES string of the molecule is O=C1CCc2cc(C(=O)CSc3nnc(-c4cccc(Br)c4)o3)ccc2N1. The van der Waals surface area contributed by atoms with Gasteiger partial charge in [-0.3, -0.25) is 9.59 Å². The van der Waals surface area contributed by atoms with Crippen molar-refractivity contribution in [2.45, 2.75) is 18.1 Å². The summed E-state index contributed by atoms with van der Waals surface area (Å²) in [6.07, 6.45) is 1.09. The summed E-state index contributed by atoms with van der Waals surface area (Å²) in [4.78, 5) is 23.9. The molecule has 2 aromatic carbocycles. The molecule has 0 aliphatic carbocycles. The first kappa shape index (κ1) is 17.9. The van der Waals surface area contributed by atoms with Crippen LogP contribution in [0.2, 0.25) is 0 Å². The monoisotopic (exact) mass is 443 g/mol. The fraction of sp³-hybridized carbons (Fsp3) is 0.158. The van der Waals surface area contributed by atoms with Crippen LogP contribution in [0.4, 0.5) is 5.69 Å². The van der Waals surface area contributed by atoms with Gasteiger partial charge in [0.05, 0.1) is 5.75 Å². The summed E-state index contributed by atoms with van der Waals surface area (Å²) in [5.41, 5.74) is 3.20. The fourth-order valence-corrected chi connectivity index (χ4v) is 3.83. The Bertz CT molecular complexity index is 1030. The molecule has 0 spiro atoms. The molecule has 0 saturated heterocycles. The number of ketones is 1. The van der Waals surface area contributed by atoms with Gasteiger partial charge < -0.3 is 9.73 Å². The lowest BCUT2D eigenvalue weighted by molar-refractivity contribution is -0.116. The lowest BCUT2D eigenvalue weighted by atomic mass is 9.99. The number of anilines is 1. The summed E-state index contributed by atoms with van der Waals surface area (Å²) in [6, 6.07) is 12.9. The van der Waals surface area contributed by atoms with Crippen molar-refractivity contribution >= 4 is 45.1 Å². The van der Waals surface area contributed by atoms with Gasteiger partial charge in [-0.1, -0.05) is 33.8 Å². The minimum absolute atomic E-state index is 0.00905. The first-order chi connectivity index (χ1) is 13.1. The van der Waals surface area contributed by atoms with Gasteiger partial charge in [-0.15, -0.1) is 10.2 Å². The van der Waals surface area contributed by atoms with E-state index in [1.165, 1.54) is 11.8 Å². The number of hydrogen-bond donors (Lipinski definition) is 1. The van der Waals surface area contributed by atoms with Gasteiger partial charge in [0.1, 0.15) is 0 Å². The van der Waals surface area contributed by atoms with E-state index in [0.29, 0.717) is 29.5 Å². The van der Waals surface area contributed by atoms with Crippen LogP contribution in [0.15, 0.2) is 56.6 Å². The van der Waals surface area contributed by atoms with Crippen LogP contribution in [0.25, 0.3) is 11.5 Å². The van der Waals surface area contributed by atoms with Crippen LogP contribution in [0.3, 0.4) is 0 Å². The third kappa shape index (κ3) is 4.12. The van der Waals surface area contributed by atoms with Crippen LogP contribution in [-0.2, 0) is 11.2 Å². The van der Waals surface area contributed by atoms with Gasteiger partial charge in [-0.25, -0.2) is 0 Å². The van der Waals surface area contributed by atoms with Gasteiger partial charge in [0.15, 0.2) is 5.78 Å². The largest absolute Gasteiger partial charge is 0.411 e. The average Bonchev–Trinajstić information content (AvgIpc) is 3.15. The minimum atomic E-state index is -0.0260. The fourth-order valence-electron chi connectivity index (χ4n) is 2.77. The first-order valence-corrected chi connectivity index (χ1v) is 10.0. The Labute approximate surface area is 167 Å². The second-order valence-electron chi connectivity index (χ2n) is 6.02. The Balaban J connectivity index is 1.42. The molecule has 0 bridgehead atoms. The van der Waals surface area contributed by atoms with Crippen molar-refractivity contribution in [1.29, 1.82) is 0 Å². The molecule has 0 atom stereocenters. The van der Waals surface area contributed by atoms with Gasteiger partial charge in [0, 0.05) is 27.7 Å². The number of benzene rings is 2. The highest BCUT2D eigenvalue weighted by Crippen LogP contribution is 2.27. The second-order valence-corrected chi connectivity index (χ2v) is 7.86. The number of rotatable bonds is 5. The highest BCUT2D eigenvalue weighted by molar-refractivity contribution is 9.10. The van der Waals surface area contributed by atoms with Crippen LogP contribution in [0, 0.1) is 0 Å². The number of thioether (sulfide) groups is 1. The lowest BCUT2D eigenvalue weighted by Crippen LogP contribution is -2.19. The van der Waals surface area contributed by atoms with E-state index in [1.54, 1.807) is 12.1 Å². The van der Waals surface area contributed by atoms with Crippen LogP contribution >= 0.6 is 27.7 Å². The van der Waals surface area contributed by atoms with Gasteiger partial charge in [0.2, 0.25) is 11.8 Å². The first-order valence-electron chi connectivity index (χ1n) is 8.27. The van der Waals surface area contributed by atoms with Crippen LogP contribution in [0.5, 0.6) is 0 Å². The highest BCUT2D eigenvalue weighted by Gasteiger charge is 2.17.